The van der Waals surface area contributed by atoms with Crippen molar-refractivity contribution in [3.05, 3.63) is 69.9 Å². The molecular weight excluding hydrogens is 296 g/mol. The van der Waals surface area contributed by atoms with Crippen molar-refractivity contribution in [2.24, 2.45) is 0 Å². The molecule has 4 nitrogen and oxygen atoms in total. The fraction of sp³-hybridized carbons (Fsp3) is 0.0714. The lowest BCUT2D eigenvalue weighted by Crippen LogP contribution is -2.02. The molecule has 0 aromatic carbocycles. The van der Waals surface area contributed by atoms with Gasteiger partial charge in [0.15, 0.2) is 0 Å². The zero-order valence-corrected chi connectivity index (χ0v) is 12.0. The van der Waals surface area contributed by atoms with E-state index in [1.807, 2.05) is 0 Å². The Labute approximate surface area is 125 Å². The number of thiophene rings is 1. The molecule has 102 valence electrons. The quantitative estimate of drug-likeness (QED) is 0.523. The SMILES string of the molecule is C=CC(=C)C(O)c1csc(C(=O)c2cncnc2Cl)c1. The smallest absolute Gasteiger partial charge is 0.207 e. The van der Waals surface area contributed by atoms with Gasteiger partial charge in [0, 0.05) is 6.20 Å². The zero-order valence-electron chi connectivity index (χ0n) is 10.4. The Bertz CT molecular complexity index is 681. The Balaban J connectivity index is 2.30. The molecule has 6 heteroatoms. The highest BCUT2D eigenvalue weighted by Gasteiger charge is 2.18. The van der Waals surface area contributed by atoms with Crippen LogP contribution in [0.3, 0.4) is 0 Å². The molecule has 20 heavy (non-hydrogen) atoms. The number of halogens is 1. The van der Waals surface area contributed by atoms with E-state index in [0.717, 1.165) is 0 Å². The van der Waals surface area contributed by atoms with Crippen molar-refractivity contribution in [1.29, 1.82) is 0 Å². The molecule has 0 aliphatic heterocycles. The number of rotatable bonds is 5. The van der Waals surface area contributed by atoms with E-state index in [1.54, 1.807) is 11.4 Å². The molecule has 0 aliphatic carbocycles. The van der Waals surface area contributed by atoms with Crippen LogP contribution in [-0.2, 0) is 0 Å². The summed E-state index contributed by atoms with van der Waals surface area (Å²) >= 11 is 7.09. The van der Waals surface area contributed by atoms with Crippen molar-refractivity contribution < 1.29 is 9.90 Å². The van der Waals surface area contributed by atoms with Crippen LogP contribution in [0.2, 0.25) is 5.15 Å². The summed E-state index contributed by atoms with van der Waals surface area (Å²) < 4.78 is 0. The number of aliphatic hydroxyl groups is 1. The molecule has 2 aromatic heterocycles. The Morgan fingerprint density at radius 3 is 2.95 bits per heavy atom. The normalized spacial score (nSPS) is 11.9. The third-order valence-corrected chi connectivity index (χ3v) is 3.93. The monoisotopic (exact) mass is 306 g/mol. The van der Waals surface area contributed by atoms with Gasteiger partial charge in [0.25, 0.3) is 0 Å². The number of aromatic nitrogens is 2. The van der Waals surface area contributed by atoms with Gasteiger partial charge in [-0.05, 0) is 22.6 Å². The van der Waals surface area contributed by atoms with Gasteiger partial charge in [-0.3, -0.25) is 4.79 Å². The van der Waals surface area contributed by atoms with E-state index < -0.39 is 6.10 Å². The maximum Gasteiger partial charge on any atom is 0.207 e. The van der Waals surface area contributed by atoms with Gasteiger partial charge in [-0.1, -0.05) is 30.8 Å². The summed E-state index contributed by atoms with van der Waals surface area (Å²) in [7, 11) is 0. The molecule has 1 N–H and O–H groups in total. The second kappa shape index (κ2) is 6.09. The first kappa shape index (κ1) is 14.6. The molecule has 0 amide bonds. The lowest BCUT2D eigenvalue weighted by Gasteiger charge is -2.07. The number of carbonyl (C=O) groups is 1. The molecule has 2 heterocycles. The van der Waals surface area contributed by atoms with Gasteiger partial charge >= 0.3 is 0 Å². The van der Waals surface area contributed by atoms with E-state index in [1.165, 1.54) is 29.9 Å². The highest BCUT2D eigenvalue weighted by atomic mass is 35.5. The van der Waals surface area contributed by atoms with Crippen LogP contribution in [0.5, 0.6) is 0 Å². The van der Waals surface area contributed by atoms with Gasteiger partial charge in [0.05, 0.1) is 10.4 Å². The van der Waals surface area contributed by atoms with Crippen LogP contribution in [0.4, 0.5) is 0 Å². The average Bonchev–Trinajstić information content (AvgIpc) is 2.95. The molecule has 1 atom stereocenters. The number of hydrogen-bond acceptors (Lipinski definition) is 5. The van der Waals surface area contributed by atoms with Crippen LogP contribution in [0.1, 0.15) is 26.9 Å². The first-order valence-electron chi connectivity index (χ1n) is 5.62. The largest absolute Gasteiger partial charge is 0.384 e. The third kappa shape index (κ3) is 2.85. The standard InChI is InChI=1S/C14H11ClN2O2S/c1-3-8(2)12(18)9-4-11(20-6-9)13(19)10-5-16-7-17-14(10)15/h3-7,12,18H,1-2H2. The van der Waals surface area contributed by atoms with Crippen LogP contribution >= 0.6 is 22.9 Å². The number of aliphatic hydroxyl groups excluding tert-OH is 1. The zero-order chi connectivity index (χ0) is 14.7. The van der Waals surface area contributed by atoms with E-state index in [0.29, 0.717) is 16.0 Å². The summed E-state index contributed by atoms with van der Waals surface area (Å²) in [5.74, 6) is -0.275. The van der Waals surface area contributed by atoms with Gasteiger partial charge in [-0.25, -0.2) is 9.97 Å². The van der Waals surface area contributed by atoms with Crippen molar-refractivity contribution in [3.8, 4) is 0 Å². The summed E-state index contributed by atoms with van der Waals surface area (Å²) in [6.45, 7) is 7.24. The van der Waals surface area contributed by atoms with Gasteiger partial charge < -0.3 is 5.11 Å². The second-order valence-corrected chi connectivity index (χ2v) is 5.25. The van der Waals surface area contributed by atoms with Crippen molar-refractivity contribution in [2.75, 3.05) is 0 Å². The molecule has 0 spiro atoms. The molecule has 0 saturated carbocycles. The van der Waals surface area contributed by atoms with Gasteiger partial charge in [0.2, 0.25) is 5.78 Å². The molecule has 2 rings (SSSR count). The van der Waals surface area contributed by atoms with Crippen LogP contribution in [0.25, 0.3) is 0 Å². The number of hydrogen-bond donors (Lipinski definition) is 1. The fourth-order valence-corrected chi connectivity index (χ4v) is 2.60. The summed E-state index contributed by atoms with van der Waals surface area (Å²) in [5.41, 5.74) is 1.30. The molecular formula is C14H11ClN2O2S. The highest BCUT2D eigenvalue weighted by molar-refractivity contribution is 7.12. The van der Waals surface area contributed by atoms with E-state index in [4.69, 9.17) is 11.6 Å². The lowest BCUT2D eigenvalue weighted by atomic mass is 10.1. The Kier molecular flexibility index (Phi) is 4.44. The Morgan fingerprint density at radius 2 is 2.30 bits per heavy atom. The summed E-state index contributed by atoms with van der Waals surface area (Å²) in [6.07, 6.45) is 3.26. The fourth-order valence-electron chi connectivity index (χ4n) is 1.54. The van der Waals surface area contributed by atoms with Crippen molar-refractivity contribution in [2.45, 2.75) is 6.10 Å². The summed E-state index contributed by atoms with van der Waals surface area (Å²) in [6, 6.07) is 1.61. The van der Waals surface area contributed by atoms with Crippen molar-refractivity contribution in [1.82, 2.24) is 9.97 Å². The minimum Gasteiger partial charge on any atom is -0.384 e. The van der Waals surface area contributed by atoms with Crippen molar-refractivity contribution in [3.63, 3.8) is 0 Å². The van der Waals surface area contributed by atoms with Gasteiger partial charge in [-0.15, -0.1) is 11.3 Å². The number of nitrogens with zero attached hydrogens (tertiary/aromatic N) is 2. The molecule has 0 bridgehead atoms. The summed E-state index contributed by atoms with van der Waals surface area (Å²) in [5, 5.41) is 11.8. The van der Waals surface area contributed by atoms with Gasteiger partial charge in [0.1, 0.15) is 17.6 Å². The maximum absolute atomic E-state index is 12.3. The van der Waals surface area contributed by atoms with E-state index >= 15 is 0 Å². The predicted molar refractivity (Wildman–Crippen MR) is 79.1 cm³/mol. The first-order chi connectivity index (χ1) is 9.54. The topological polar surface area (TPSA) is 63.1 Å². The van der Waals surface area contributed by atoms with Crippen LogP contribution in [0, 0.1) is 0 Å². The third-order valence-electron chi connectivity index (χ3n) is 2.68. The predicted octanol–water partition coefficient (Wildman–Crippen LogP) is 3.20. The molecule has 2 aromatic rings. The molecule has 0 fully saturated rings. The van der Waals surface area contributed by atoms with Crippen LogP contribution in [-0.4, -0.2) is 20.9 Å². The van der Waals surface area contributed by atoms with E-state index in [2.05, 4.69) is 23.1 Å². The minimum absolute atomic E-state index is 0.107. The second-order valence-electron chi connectivity index (χ2n) is 3.98. The Hall–Kier alpha value is -1.82. The molecule has 1 unspecified atom stereocenters. The first-order valence-corrected chi connectivity index (χ1v) is 6.88. The Morgan fingerprint density at radius 1 is 1.55 bits per heavy atom. The lowest BCUT2D eigenvalue weighted by molar-refractivity contribution is 0.104. The van der Waals surface area contributed by atoms with Gasteiger partial charge in [-0.2, -0.15) is 0 Å². The highest BCUT2D eigenvalue weighted by Crippen LogP contribution is 2.28. The van der Waals surface area contributed by atoms with E-state index in [9.17, 15) is 9.90 Å². The molecule has 0 radical (unpaired) electrons. The minimum atomic E-state index is -0.868. The maximum atomic E-state index is 12.3. The number of ketones is 1. The summed E-state index contributed by atoms with van der Waals surface area (Å²) in [4.78, 5) is 20.3. The average molecular weight is 307 g/mol. The molecule has 0 aliphatic rings. The van der Waals surface area contributed by atoms with Crippen LogP contribution in [0.15, 0.2) is 48.8 Å². The number of carbonyl (C=O) groups excluding carboxylic acids is 1. The van der Waals surface area contributed by atoms with E-state index in [-0.39, 0.29) is 16.5 Å². The molecule has 0 saturated heterocycles. The van der Waals surface area contributed by atoms with Crippen molar-refractivity contribution >= 4 is 28.7 Å². The van der Waals surface area contributed by atoms with Crippen LogP contribution < -0.4 is 0 Å².